The summed E-state index contributed by atoms with van der Waals surface area (Å²) in [6, 6.07) is -3.03. The van der Waals surface area contributed by atoms with Crippen LogP contribution in [-0.4, -0.2) is 220 Å². The summed E-state index contributed by atoms with van der Waals surface area (Å²) in [5.41, 5.74) is 0.0631. The molecule has 1 aromatic heterocycles. The Morgan fingerprint density at radius 1 is 0.800 bits per heavy atom. The van der Waals surface area contributed by atoms with Gasteiger partial charge in [0.1, 0.15) is 67.1 Å². The fraction of sp³-hybridized carbons (Fsp3) is 0.864. The van der Waals surface area contributed by atoms with Crippen molar-refractivity contribution in [2.75, 3.05) is 33.0 Å². The van der Waals surface area contributed by atoms with E-state index in [4.69, 9.17) is 28.4 Å². The number of rotatable bonds is 30. The topological polar surface area (TPSA) is 393 Å². The molecule has 402 valence electrons. The fourth-order valence-electron chi connectivity index (χ4n) is 8.72. The van der Waals surface area contributed by atoms with E-state index in [1.54, 1.807) is 0 Å². The van der Waals surface area contributed by atoms with Gasteiger partial charge in [-0.15, -0.1) is 5.10 Å². The van der Waals surface area contributed by atoms with Crippen LogP contribution in [0.3, 0.4) is 0 Å². The zero-order chi connectivity index (χ0) is 51.5. The van der Waals surface area contributed by atoms with Gasteiger partial charge in [-0.1, -0.05) is 82.8 Å². The summed E-state index contributed by atoms with van der Waals surface area (Å²) in [4.78, 5) is 50.3. The van der Waals surface area contributed by atoms with Gasteiger partial charge in [-0.3, -0.25) is 14.4 Å². The number of hydrogen-bond acceptors (Lipinski definition) is 21. The second-order valence-corrected chi connectivity index (χ2v) is 18.1. The van der Waals surface area contributed by atoms with Crippen LogP contribution in [0.15, 0.2) is 6.20 Å². The van der Waals surface area contributed by atoms with Crippen molar-refractivity contribution in [3.63, 3.8) is 0 Å². The third kappa shape index (κ3) is 16.5. The first-order chi connectivity index (χ1) is 33.4. The van der Waals surface area contributed by atoms with Crippen molar-refractivity contribution in [1.29, 1.82) is 0 Å². The number of nitrogens with zero attached hydrogens (tertiary/aromatic N) is 3. The molecule has 13 N–H and O–H groups in total. The first-order valence-corrected chi connectivity index (χ1v) is 24.2. The quantitative estimate of drug-likeness (QED) is 0.0335. The van der Waals surface area contributed by atoms with E-state index in [2.05, 4.69) is 33.2 Å². The maximum atomic E-state index is 12.9. The third-order valence-electron chi connectivity index (χ3n) is 12.5. The SMILES string of the molecule is CCCCCCCCCCCCCCNC(=O)c1cn(CCO[C@@H]2O[C@H](CO)[C@@H](O)[C@H](O[C@@H]3O[C@H](CO)[C@H](O)[C@H](O[C@]4(C(=O)O)C[C@H](O)[C@@H](NC(C)=O)[C@H]([C@H](O)[C@H](O)CO)O4)[C@H]3O)[C@H]2NC(C)=O)nn1. The average molecular weight is 1010 g/mol. The lowest BCUT2D eigenvalue weighted by molar-refractivity contribution is -0.381. The number of carboxylic acids is 1. The number of carboxylic acid groups (broad SMARTS) is 1. The minimum Gasteiger partial charge on any atom is -0.477 e. The van der Waals surface area contributed by atoms with Gasteiger partial charge in [-0.2, -0.15) is 0 Å². The van der Waals surface area contributed by atoms with E-state index in [9.17, 15) is 70.2 Å². The van der Waals surface area contributed by atoms with Crippen LogP contribution in [0.5, 0.6) is 0 Å². The summed E-state index contributed by atoms with van der Waals surface area (Å²) in [5, 5.41) is 122. The van der Waals surface area contributed by atoms with Gasteiger partial charge in [0.15, 0.2) is 18.3 Å². The number of carbonyl (C=O) groups is 4. The van der Waals surface area contributed by atoms with Crippen molar-refractivity contribution < 1.29 is 98.7 Å². The van der Waals surface area contributed by atoms with Gasteiger partial charge in [0.25, 0.3) is 11.7 Å². The molecule has 0 unspecified atom stereocenters. The van der Waals surface area contributed by atoms with E-state index in [-0.39, 0.29) is 18.8 Å². The lowest BCUT2D eigenvalue weighted by Crippen LogP contribution is -2.71. The number of amides is 3. The molecule has 70 heavy (non-hydrogen) atoms. The van der Waals surface area contributed by atoms with Gasteiger partial charge in [-0.25, -0.2) is 9.48 Å². The van der Waals surface area contributed by atoms with Crippen molar-refractivity contribution in [2.24, 2.45) is 0 Å². The van der Waals surface area contributed by atoms with Gasteiger partial charge in [0.05, 0.1) is 51.3 Å². The Balaban J connectivity index is 1.41. The van der Waals surface area contributed by atoms with E-state index >= 15 is 0 Å². The molecule has 3 aliphatic rings. The Morgan fingerprint density at radius 3 is 1.91 bits per heavy atom. The molecule has 4 rings (SSSR count). The molecular formula is C44H76N6O20. The summed E-state index contributed by atoms with van der Waals surface area (Å²) in [7, 11) is 0. The number of aliphatic hydroxyl groups excluding tert-OH is 9. The summed E-state index contributed by atoms with van der Waals surface area (Å²) >= 11 is 0. The smallest absolute Gasteiger partial charge is 0.364 e. The molecule has 26 nitrogen and oxygen atoms in total. The first kappa shape index (κ1) is 59.0. The summed E-state index contributed by atoms with van der Waals surface area (Å²) < 4.78 is 36.1. The number of carbonyl (C=O) groups excluding carboxylic acids is 3. The van der Waals surface area contributed by atoms with Gasteiger partial charge in [0, 0.05) is 26.8 Å². The molecule has 0 aliphatic carbocycles. The lowest BCUT2D eigenvalue weighted by Gasteiger charge is -2.51. The Labute approximate surface area is 405 Å². The number of aliphatic hydroxyl groups is 9. The highest BCUT2D eigenvalue weighted by Crippen LogP contribution is 2.38. The molecule has 0 spiro atoms. The monoisotopic (exact) mass is 1010 g/mol. The second kappa shape index (κ2) is 29.2. The van der Waals surface area contributed by atoms with E-state index in [1.807, 2.05) is 0 Å². The van der Waals surface area contributed by atoms with Gasteiger partial charge < -0.3 is 95.4 Å². The van der Waals surface area contributed by atoms with Crippen LogP contribution in [0, 0.1) is 0 Å². The van der Waals surface area contributed by atoms with Crippen molar-refractivity contribution in [2.45, 2.75) is 208 Å². The van der Waals surface area contributed by atoms with Crippen LogP contribution in [0.2, 0.25) is 0 Å². The normalized spacial score (nSPS) is 32.2. The summed E-state index contributed by atoms with van der Waals surface area (Å²) in [6.07, 6.45) is -10.1. The number of ether oxygens (including phenoxy) is 6. The largest absolute Gasteiger partial charge is 0.477 e. The van der Waals surface area contributed by atoms with Crippen LogP contribution >= 0.6 is 0 Å². The summed E-state index contributed by atoms with van der Waals surface area (Å²) in [6.45, 7) is 1.73. The van der Waals surface area contributed by atoms with Gasteiger partial charge >= 0.3 is 5.97 Å². The second-order valence-electron chi connectivity index (χ2n) is 18.1. The molecule has 0 bridgehead atoms. The standard InChI is InChI=1S/C44H76N6O20/c1-4-5-6-7-8-9-10-11-12-13-14-15-16-45-40(62)26-20-50(49-48-26)17-18-65-41-32(47-25(3)55)37(34(59)29(22-52)66-41)68-42-36(61)39(35(60)30(23-53)67-42)70-44(43(63)64)19-27(56)31(46-24(2)54)38(69-44)33(58)28(57)21-51/h20,27-39,41-42,51-53,56-61H,4-19,21-23H2,1-3H3,(H,45,62)(H,46,54)(H,47,55)(H,63,64)/t27-,28+,29+,30+,31+,32+,33+,34+,35-,36+,37+,38+,39-,41+,42-,44-/m0/s1. The predicted octanol–water partition coefficient (Wildman–Crippen LogP) is -3.33. The van der Waals surface area contributed by atoms with Crippen LogP contribution in [0.25, 0.3) is 0 Å². The lowest BCUT2D eigenvalue weighted by atomic mass is 9.88. The maximum absolute atomic E-state index is 12.9. The zero-order valence-corrected chi connectivity index (χ0v) is 40.1. The van der Waals surface area contributed by atoms with E-state index < -0.39 is 148 Å². The Kier molecular flexibility index (Phi) is 24.6. The van der Waals surface area contributed by atoms with Crippen molar-refractivity contribution in [3.05, 3.63) is 11.9 Å². The van der Waals surface area contributed by atoms with Crippen molar-refractivity contribution >= 4 is 23.7 Å². The maximum Gasteiger partial charge on any atom is 0.364 e. The van der Waals surface area contributed by atoms with Crippen LogP contribution in [0.4, 0.5) is 0 Å². The number of unbranched alkanes of at least 4 members (excludes halogenated alkanes) is 11. The van der Waals surface area contributed by atoms with Crippen molar-refractivity contribution in [3.8, 4) is 0 Å². The van der Waals surface area contributed by atoms with Crippen molar-refractivity contribution in [1.82, 2.24) is 30.9 Å². The zero-order valence-electron chi connectivity index (χ0n) is 40.1. The molecule has 3 saturated heterocycles. The Hall–Kier alpha value is -3.58. The highest BCUT2D eigenvalue weighted by molar-refractivity contribution is 5.91. The minimum atomic E-state index is -3.08. The van der Waals surface area contributed by atoms with Gasteiger partial charge in [-0.05, 0) is 6.42 Å². The molecule has 1 aromatic rings. The van der Waals surface area contributed by atoms with Crippen LogP contribution in [0.1, 0.15) is 115 Å². The average Bonchev–Trinajstić information content (AvgIpc) is 3.80. The molecule has 0 aromatic carbocycles. The Bertz CT molecular complexity index is 1750. The highest BCUT2D eigenvalue weighted by Gasteiger charge is 2.60. The molecular weight excluding hydrogens is 933 g/mol. The number of nitrogens with one attached hydrogen (secondary N) is 3. The minimum absolute atomic E-state index is 0.00637. The molecule has 26 heteroatoms. The number of aliphatic carboxylic acids is 1. The predicted molar refractivity (Wildman–Crippen MR) is 239 cm³/mol. The molecule has 3 fully saturated rings. The van der Waals surface area contributed by atoms with E-state index in [0.717, 1.165) is 39.5 Å². The molecule has 3 aliphatic heterocycles. The molecule has 0 saturated carbocycles. The molecule has 16 atom stereocenters. The third-order valence-corrected chi connectivity index (χ3v) is 12.5. The van der Waals surface area contributed by atoms with E-state index in [1.165, 1.54) is 62.2 Å². The molecule has 3 amide bonds. The highest BCUT2D eigenvalue weighted by atomic mass is 16.8. The van der Waals surface area contributed by atoms with Gasteiger partial charge in [0.2, 0.25) is 11.8 Å². The fourth-order valence-corrected chi connectivity index (χ4v) is 8.72. The van der Waals surface area contributed by atoms with Crippen LogP contribution < -0.4 is 16.0 Å². The van der Waals surface area contributed by atoms with E-state index in [0.29, 0.717) is 6.54 Å². The molecule has 0 radical (unpaired) electrons. The molecule has 4 heterocycles. The van der Waals surface area contributed by atoms with Crippen LogP contribution in [-0.2, 0) is 49.3 Å². The summed E-state index contributed by atoms with van der Waals surface area (Å²) in [5.74, 6) is -6.93. The number of aromatic nitrogens is 3. The Morgan fingerprint density at radius 2 is 1.36 bits per heavy atom. The number of hydrogen-bond donors (Lipinski definition) is 13. The first-order valence-electron chi connectivity index (χ1n) is 24.2.